The number of carboxylic acid groups (broad SMARTS) is 1. The molecule has 1 amide bonds. The number of para-hydroxylation sites is 1. The van der Waals surface area contributed by atoms with Crippen LogP contribution in [-0.4, -0.2) is 27.6 Å². The Labute approximate surface area is 190 Å². The lowest BCUT2D eigenvalue weighted by molar-refractivity contribution is -0.141. The lowest BCUT2D eigenvalue weighted by Crippen LogP contribution is -2.41. The zero-order valence-corrected chi connectivity index (χ0v) is 17.8. The molecular weight excluding hydrogens is 419 g/mol. The van der Waals surface area contributed by atoms with E-state index >= 15 is 0 Å². The van der Waals surface area contributed by atoms with Gasteiger partial charge in [-0.05, 0) is 29.3 Å². The predicted octanol–water partition coefficient (Wildman–Crippen LogP) is 4.65. The number of nitrogens with one attached hydrogen (secondary N) is 1. The number of halogens is 1. The second-order valence-electron chi connectivity index (χ2n) is 7.74. The molecule has 166 valence electrons. The smallest absolute Gasteiger partial charge is 0.326 e. The fraction of sp³-hybridized carbons (Fsp3) is 0.111. The van der Waals surface area contributed by atoms with Gasteiger partial charge in [-0.25, -0.2) is 9.18 Å². The minimum absolute atomic E-state index is 0.122. The van der Waals surface area contributed by atoms with Crippen molar-refractivity contribution in [1.82, 2.24) is 9.88 Å². The zero-order valence-electron chi connectivity index (χ0n) is 17.8. The first-order valence-corrected chi connectivity index (χ1v) is 10.6. The molecule has 1 aromatic heterocycles. The van der Waals surface area contributed by atoms with Crippen LogP contribution >= 0.6 is 0 Å². The van der Waals surface area contributed by atoms with E-state index in [1.165, 1.54) is 18.2 Å². The molecule has 0 aliphatic rings. The van der Waals surface area contributed by atoms with Crippen molar-refractivity contribution >= 4 is 28.9 Å². The Morgan fingerprint density at radius 2 is 1.67 bits per heavy atom. The quantitative estimate of drug-likeness (QED) is 0.390. The van der Waals surface area contributed by atoms with Gasteiger partial charge in [0.2, 0.25) is 5.91 Å². The van der Waals surface area contributed by atoms with Crippen molar-refractivity contribution < 1.29 is 19.1 Å². The third-order valence-electron chi connectivity index (χ3n) is 5.42. The van der Waals surface area contributed by atoms with Gasteiger partial charge in [-0.2, -0.15) is 0 Å². The zero-order chi connectivity index (χ0) is 23.2. The average Bonchev–Trinajstić information content (AvgIpc) is 3.16. The molecule has 6 heteroatoms. The van der Waals surface area contributed by atoms with E-state index in [-0.39, 0.29) is 12.0 Å². The summed E-state index contributed by atoms with van der Waals surface area (Å²) >= 11 is 0. The van der Waals surface area contributed by atoms with Gasteiger partial charge in [-0.3, -0.25) is 4.79 Å². The molecule has 0 unspecified atom stereocenters. The summed E-state index contributed by atoms with van der Waals surface area (Å²) in [7, 11) is 0. The van der Waals surface area contributed by atoms with E-state index in [0.717, 1.165) is 28.1 Å². The summed E-state index contributed by atoms with van der Waals surface area (Å²) in [5, 5.41) is 13.2. The number of carbonyl (C=O) groups excluding carboxylic acids is 1. The summed E-state index contributed by atoms with van der Waals surface area (Å²) in [5.74, 6) is -2.19. The molecule has 3 aromatic carbocycles. The van der Waals surface area contributed by atoms with Crippen LogP contribution in [0.5, 0.6) is 0 Å². The van der Waals surface area contributed by atoms with Crippen LogP contribution < -0.4 is 5.32 Å². The van der Waals surface area contributed by atoms with E-state index in [0.29, 0.717) is 6.54 Å². The molecule has 1 atom stereocenters. The van der Waals surface area contributed by atoms with Gasteiger partial charge >= 0.3 is 5.97 Å². The molecule has 0 aliphatic heterocycles. The van der Waals surface area contributed by atoms with E-state index in [4.69, 9.17) is 0 Å². The molecule has 0 aliphatic carbocycles. The molecule has 0 radical (unpaired) electrons. The first-order chi connectivity index (χ1) is 16.0. The monoisotopic (exact) mass is 442 g/mol. The first kappa shape index (κ1) is 22.0. The second-order valence-corrected chi connectivity index (χ2v) is 7.74. The van der Waals surface area contributed by atoms with Gasteiger partial charge in [0.05, 0.1) is 0 Å². The van der Waals surface area contributed by atoms with Crippen molar-refractivity contribution in [2.75, 3.05) is 0 Å². The molecule has 4 aromatic rings. The van der Waals surface area contributed by atoms with Crippen LogP contribution in [0.4, 0.5) is 4.39 Å². The lowest BCUT2D eigenvalue weighted by Gasteiger charge is -2.13. The molecule has 0 bridgehead atoms. The largest absolute Gasteiger partial charge is 0.480 e. The molecular formula is C27H23FN2O3. The van der Waals surface area contributed by atoms with E-state index in [2.05, 4.69) is 9.88 Å². The Morgan fingerprint density at radius 1 is 0.970 bits per heavy atom. The Morgan fingerprint density at radius 3 is 2.42 bits per heavy atom. The third-order valence-corrected chi connectivity index (χ3v) is 5.42. The molecule has 0 spiro atoms. The molecule has 5 nitrogen and oxygen atoms in total. The number of aromatic nitrogens is 1. The summed E-state index contributed by atoms with van der Waals surface area (Å²) in [4.78, 5) is 24.2. The van der Waals surface area contributed by atoms with Gasteiger partial charge in [-0.15, -0.1) is 0 Å². The first-order valence-electron chi connectivity index (χ1n) is 10.6. The maximum Gasteiger partial charge on any atom is 0.326 e. The normalized spacial score (nSPS) is 12.2. The van der Waals surface area contributed by atoms with E-state index < -0.39 is 23.7 Å². The highest BCUT2D eigenvalue weighted by molar-refractivity contribution is 5.94. The van der Waals surface area contributed by atoms with Crippen LogP contribution in [0.15, 0.2) is 91.1 Å². The maximum atomic E-state index is 13.7. The van der Waals surface area contributed by atoms with E-state index in [1.54, 1.807) is 12.1 Å². The molecule has 0 saturated carbocycles. The minimum atomic E-state index is -1.14. The predicted molar refractivity (Wildman–Crippen MR) is 126 cm³/mol. The van der Waals surface area contributed by atoms with E-state index in [9.17, 15) is 19.1 Å². The Hall–Kier alpha value is -4.19. The van der Waals surface area contributed by atoms with Gasteiger partial charge in [0.25, 0.3) is 0 Å². The second kappa shape index (κ2) is 9.96. The van der Waals surface area contributed by atoms with Crippen LogP contribution in [0.2, 0.25) is 0 Å². The summed E-state index contributed by atoms with van der Waals surface area (Å²) < 4.78 is 15.8. The van der Waals surface area contributed by atoms with Crippen LogP contribution in [0.25, 0.3) is 17.0 Å². The number of carbonyl (C=O) groups is 2. The Kier molecular flexibility index (Phi) is 6.64. The van der Waals surface area contributed by atoms with Crippen molar-refractivity contribution in [3.63, 3.8) is 0 Å². The maximum absolute atomic E-state index is 13.7. The number of hydrogen-bond donors (Lipinski definition) is 2. The van der Waals surface area contributed by atoms with Crippen LogP contribution in [-0.2, 0) is 22.6 Å². The number of carboxylic acids is 1. The lowest BCUT2D eigenvalue weighted by atomic mass is 10.0. The Bertz CT molecular complexity index is 1310. The topological polar surface area (TPSA) is 71.3 Å². The highest BCUT2D eigenvalue weighted by Gasteiger charge is 2.22. The number of amides is 1. The SMILES string of the molecule is O=C(/C=C/c1ccccc1F)N[C@@H](Cc1cn(Cc2ccccc2)c2ccccc12)C(=O)O. The summed E-state index contributed by atoms with van der Waals surface area (Å²) in [6, 6.07) is 22.7. The van der Waals surface area contributed by atoms with Gasteiger partial charge in [0, 0.05) is 41.7 Å². The third kappa shape index (κ3) is 5.36. The molecule has 2 N–H and O–H groups in total. The molecule has 4 rings (SSSR count). The molecule has 33 heavy (non-hydrogen) atoms. The number of hydrogen-bond acceptors (Lipinski definition) is 2. The average molecular weight is 442 g/mol. The number of rotatable bonds is 8. The number of aliphatic carboxylic acids is 1. The summed E-state index contributed by atoms with van der Waals surface area (Å²) in [6.07, 6.45) is 4.54. The van der Waals surface area contributed by atoms with Crippen LogP contribution in [0.1, 0.15) is 16.7 Å². The molecule has 1 heterocycles. The van der Waals surface area contributed by atoms with Gasteiger partial charge in [0.15, 0.2) is 0 Å². The Balaban J connectivity index is 1.54. The van der Waals surface area contributed by atoms with Gasteiger partial charge in [0.1, 0.15) is 11.9 Å². The van der Waals surface area contributed by atoms with Crippen molar-refractivity contribution in [1.29, 1.82) is 0 Å². The standard InChI is InChI=1S/C27H23FN2O3/c28-23-12-6-4-10-20(23)14-15-26(31)29-24(27(32)33)16-21-18-30(17-19-8-2-1-3-9-19)25-13-7-5-11-22(21)25/h1-15,18,24H,16-17H2,(H,29,31)(H,32,33)/b15-14+/t24-/m0/s1. The van der Waals surface area contributed by atoms with Crippen molar-refractivity contribution in [3.05, 3.63) is 114 Å². The minimum Gasteiger partial charge on any atom is -0.480 e. The molecule has 0 saturated heterocycles. The fourth-order valence-corrected chi connectivity index (χ4v) is 3.81. The van der Waals surface area contributed by atoms with Gasteiger partial charge < -0.3 is 15.0 Å². The summed E-state index contributed by atoms with van der Waals surface area (Å²) in [5.41, 5.74) is 3.20. The fourth-order valence-electron chi connectivity index (χ4n) is 3.81. The van der Waals surface area contributed by atoms with Gasteiger partial charge in [-0.1, -0.05) is 66.7 Å². The highest BCUT2D eigenvalue weighted by atomic mass is 19.1. The molecule has 0 fully saturated rings. The number of nitrogens with zero attached hydrogens (tertiary/aromatic N) is 1. The van der Waals surface area contributed by atoms with Crippen molar-refractivity contribution in [2.45, 2.75) is 19.0 Å². The number of benzene rings is 3. The van der Waals surface area contributed by atoms with E-state index in [1.807, 2.05) is 60.8 Å². The van der Waals surface area contributed by atoms with Crippen molar-refractivity contribution in [3.8, 4) is 0 Å². The van der Waals surface area contributed by atoms with Crippen molar-refractivity contribution in [2.24, 2.45) is 0 Å². The van der Waals surface area contributed by atoms with Crippen LogP contribution in [0.3, 0.4) is 0 Å². The highest BCUT2D eigenvalue weighted by Crippen LogP contribution is 2.24. The number of fused-ring (bicyclic) bond motifs is 1. The van der Waals surface area contributed by atoms with Crippen LogP contribution in [0, 0.1) is 5.82 Å². The summed E-state index contributed by atoms with van der Waals surface area (Å²) in [6.45, 7) is 0.650.